The lowest BCUT2D eigenvalue weighted by atomic mass is 10.2. The lowest BCUT2D eigenvalue weighted by Crippen LogP contribution is -2.00. The lowest BCUT2D eigenvalue weighted by molar-refractivity contribution is 0.0697. The molecule has 1 N–H and O–H groups in total. The van der Waals surface area contributed by atoms with Crippen LogP contribution >= 0.6 is 27.3 Å². The molecule has 0 spiro atoms. The van der Waals surface area contributed by atoms with Crippen molar-refractivity contribution in [3.05, 3.63) is 38.5 Å². The van der Waals surface area contributed by atoms with E-state index in [1.807, 2.05) is 9.95 Å². The predicted molar refractivity (Wildman–Crippen MR) is 74.4 cm³/mol. The first-order valence-electron chi connectivity index (χ1n) is 5.50. The van der Waals surface area contributed by atoms with Crippen LogP contribution in [-0.4, -0.2) is 20.6 Å². The molecular weight excluding hydrogens is 316 g/mol. The normalized spacial score (nSPS) is 11.1. The number of aromatic carboxylic acids is 1. The summed E-state index contributed by atoms with van der Waals surface area (Å²) in [6, 6.07) is 1.60. The van der Waals surface area contributed by atoms with Crippen LogP contribution in [0.2, 0.25) is 0 Å². The second-order valence-electron chi connectivity index (χ2n) is 4.32. The number of rotatable bonds is 4. The molecule has 0 saturated carbocycles. The van der Waals surface area contributed by atoms with Gasteiger partial charge in [0, 0.05) is 17.5 Å². The van der Waals surface area contributed by atoms with Crippen LogP contribution in [0.4, 0.5) is 0 Å². The number of halogens is 1. The molecule has 0 amide bonds. The van der Waals surface area contributed by atoms with Gasteiger partial charge in [0.15, 0.2) is 0 Å². The monoisotopic (exact) mass is 328 g/mol. The zero-order valence-corrected chi connectivity index (χ0v) is 12.5. The summed E-state index contributed by atoms with van der Waals surface area (Å²) in [6.45, 7) is 4.80. The SMILES string of the molecule is CC(C)c1nc(Cn2cc(C(=O)O)cc2Br)cs1. The third-order valence-electron chi connectivity index (χ3n) is 2.49. The zero-order chi connectivity index (χ0) is 13.3. The van der Waals surface area contributed by atoms with Gasteiger partial charge >= 0.3 is 5.97 Å². The largest absolute Gasteiger partial charge is 0.478 e. The number of nitrogens with zero attached hydrogens (tertiary/aromatic N) is 2. The van der Waals surface area contributed by atoms with E-state index in [2.05, 4.69) is 34.8 Å². The van der Waals surface area contributed by atoms with E-state index < -0.39 is 5.97 Å². The first-order valence-corrected chi connectivity index (χ1v) is 7.18. The summed E-state index contributed by atoms with van der Waals surface area (Å²) in [4.78, 5) is 15.4. The number of aromatic nitrogens is 2. The van der Waals surface area contributed by atoms with Crippen molar-refractivity contribution in [3.8, 4) is 0 Å². The van der Waals surface area contributed by atoms with Crippen molar-refractivity contribution >= 4 is 33.2 Å². The van der Waals surface area contributed by atoms with Crippen molar-refractivity contribution < 1.29 is 9.90 Å². The van der Waals surface area contributed by atoms with Gasteiger partial charge in [-0.05, 0) is 22.0 Å². The van der Waals surface area contributed by atoms with Crippen LogP contribution in [0.3, 0.4) is 0 Å². The van der Waals surface area contributed by atoms with Gasteiger partial charge in [-0.15, -0.1) is 11.3 Å². The van der Waals surface area contributed by atoms with Crippen molar-refractivity contribution in [1.29, 1.82) is 0 Å². The Balaban J connectivity index is 2.20. The molecule has 2 aromatic heterocycles. The molecule has 18 heavy (non-hydrogen) atoms. The molecule has 0 bridgehead atoms. The van der Waals surface area contributed by atoms with Crippen LogP contribution in [0.15, 0.2) is 22.2 Å². The summed E-state index contributed by atoms with van der Waals surface area (Å²) < 4.78 is 2.58. The highest BCUT2D eigenvalue weighted by Gasteiger charge is 2.11. The van der Waals surface area contributed by atoms with E-state index in [1.54, 1.807) is 23.6 Å². The molecule has 2 heterocycles. The fourth-order valence-electron chi connectivity index (χ4n) is 1.55. The summed E-state index contributed by atoms with van der Waals surface area (Å²) in [6.07, 6.45) is 1.61. The standard InChI is InChI=1S/C12H13BrN2O2S/c1-7(2)11-14-9(6-18-11)5-15-4-8(12(16)17)3-10(15)13/h3-4,6-7H,5H2,1-2H3,(H,16,17). The van der Waals surface area contributed by atoms with Crippen molar-refractivity contribution in [2.24, 2.45) is 0 Å². The first-order chi connectivity index (χ1) is 8.47. The second-order valence-corrected chi connectivity index (χ2v) is 6.02. The Morgan fingerprint density at radius 2 is 2.33 bits per heavy atom. The Morgan fingerprint density at radius 1 is 1.61 bits per heavy atom. The van der Waals surface area contributed by atoms with E-state index >= 15 is 0 Å². The van der Waals surface area contributed by atoms with E-state index in [4.69, 9.17) is 5.11 Å². The van der Waals surface area contributed by atoms with E-state index in [0.717, 1.165) is 15.3 Å². The Hall–Kier alpha value is -1.14. The van der Waals surface area contributed by atoms with Gasteiger partial charge < -0.3 is 9.67 Å². The fourth-order valence-corrected chi connectivity index (χ4v) is 2.85. The van der Waals surface area contributed by atoms with Crippen LogP contribution < -0.4 is 0 Å². The topological polar surface area (TPSA) is 55.1 Å². The molecule has 0 aliphatic rings. The predicted octanol–water partition coefficient (Wildman–Crippen LogP) is 3.58. The summed E-state index contributed by atoms with van der Waals surface area (Å²) in [5.41, 5.74) is 1.23. The van der Waals surface area contributed by atoms with Crippen LogP contribution in [0.1, 0.15) is 40.8 Å². The highest BCUT2D eigenvalue weighted by Crippen LogP contribution is 2.22. The number of carboxylic acid groups (broad SMARTS) is 1. The Morgan fingerprint density at radius 3 is 2.83 bits per heavy atom. The molecular formula is C12H13BrN2O2S. The van der Waals surface area contributed by atoms with Crippen LogP contribution in [-0.2, 0) is 6.54 Å². The molecule has 96 valence electrons. The Labute approximate surface area is 117 Å². The molecule has 0 radical (unpaired) electrons. The first kappa shape index (κ1) is 13.3. The average molecular weight is 329 g/mol. The van der Waals surface area contributed by atoms with Crippen LogP contribution in [0, 0.1) is 0 Å². The smallest absolute Gasteiger partial charge is 0.337 e. The van der Waals surface area contributed by atoms with Crippen molar-refractivity contribution in [3.63, 3.8) is 0 Å². The molecule has 0 saturated heterocycles. The van der Waals surface area contributed by atoms with Crippen molar-refractivity contribution in [1.82, 2.24) is 9.55 Å². The van der Waals surface area contributed by atoms with E-state index in [0.29, 0.717) is 12.5 Å². The Bertz CT molecular complexity index is 574. The average Bonchev–Trinajstić information content (AvgIpc) is 2.87. The molecule has 0 unspecified atom stereocenters. The summed E-state index contributed by atoms with van der Waals surface area (Å²) >= 11 is 4.99. The van der Waals surface area contributed by atoms with Gasteiger partial charge in [-0.2, -0.15) is 0 Å². The maximum atomic E-state index is 10.9. The van der Waals surface area contributed by atoms with E-state index in [1.165, 1.54) is 0 Å². The maximum Gasteiger partial charge on any atom is 0.337 e. The molecule has 2 rings (SSSR count). The minimum Gasteiger partial charge on any atom is -0.478 e. The third kappa shape index (κ3) is 2.81. The van der Waals surface area contributed by atoms with Gasteiger partial charge in [0.05, 0.1) is 27.4 Å². The Kier molecular flexibility index (Phi) is 3.87. The highest BCUT2D eigenvalue weighted by molar-refractivity contribution is 9.10. The molecule has 0 fully saturated rings. The number of carbonyl (C=O) groups is 1. The van der Waals surface area contributed by atoms with E-state index in [9.17, 15) is 4.79 Å². The van der Waals surface area contributed by atoms with Gasteiger partial charge in [-0.1, -0.05) is 13.8 Å². The van der Waals surface area contributed by atoms with Gasteiger partial charge in [0.2, 0.25) is 0 Å². The molecule has 4 nitrogen and oxygen atoms in total. The number of carboxylic acids is 1. The minimum absolute atomic E-state index is 0.279. The summed E-state index contributed by atoms with van der Waals surface area (Å²) in [5, 5.41) is 12.0. The second kappa shape index (κ2) is 5.24. The molecule has 0 aliphatic carbocycles. The number of hydrogen-bond acceptors (Lipinski definition) is 3. The number of thiazole rings is 1. The number of hydrogen-bond donors (Lipinski definition) is 1. The zero-order valence-electron chi connectivity index (χ0n) is 10.1. The fraction of sp³-hybridized carbons (Fsp3) is 0.333. The van der Waals surface area contributed by atoms with Gasteiger partial charge in [0.25, 0.3) is 0 Å². The maximum absolute atomic E-state index is 10.9. The van der Waals surface area contributed by atoms with Gasteiger partial charge in [-0.3, -0.25) is 0 Å². The molecule has 0 aromatic carbocycles. The van der Waals surface area contributed by atoms with E-state index in [-0.39, 0.29) is 5.56 Å². The summed E-state index contributed by atoms with van der Waals surface area (Å²) in [5.74, 6) is -0.498. The molecule has 2 aromatic rings. The minimum atomic E-state index is -0.921. The molecule has 6 heteroatoms. The quantitative estimate of drug-likeness (QED) is 0.933. The molecule has 0 aliphatic heterocycles. The third-order valence-corrected chi connectivity index (χ3v) is 4.37. The molecule has 0 atom stereocenters. The van der Waals surface area contributed by atoms with Gasteiger partial charge in [0.1, 0.15) is 0 Å². The van der Waals surface area contributed by atoms with Crippen LogP contribution in [0.5, 0.6) is 0 Å². The van der Waals surface area contributed by atoms with Gasteiger partial charge in [-0.25, -0.2) is 9.78 Å². The lowest BCUT2D eigenvalue weighted by Gasteiger charge is -2.02. The summed E-state index contributed by atoms with van der Waals surface area (Å²) in [7, 11) is 0. The van der Waals surface area contributed by atoms with Crippen molar-refractivity contribution in [2.45, 2.75) is 26.3 Å². The van der Waals surface area contributed by atoms with Crippen molar-refractivity contribution in [2.75, 3.05) is 0 Å². The highest BCUT2D eigenvalue weighted by atomic mass is 79.9. The van der Waals surface area contributed by atoms with Crippen LogP contribution in [0.25, 0.3) is 0 Å².